The molecule has 1 aliphatic carbocycles. The Balaban J connectivity index is 1.18. The number of benzene rings is 1. The van der Waals surface area contributed by atoms with Crippen LogP contribution in [0.5, 0.6) is 11.8 Å². The zero-order valence-electron chi connectivity index (χ0n) is 27.7. The van der Waals surface area contributed by atoms with Gasteiger partial charge in [-0.2, -0.15) is 15.1 Å². The lowest BCUT2D eigenvalue weighted by Crippen LogP contribution is -2.51. The summed E-state index contributed by atoms with van der Waals surface area (Å²) >= 11 is 0. The number of halogens is 1. The first-order valence-corrected chi connectivity index (χ1v) is 17.1. The van der Waals surface area contributed by atoms with E-state index < -0.39 is 6.17 Å². The molecule has 12 heteroatoms. The molecule has 11 nitrogen and oxygen atoms in total. The molecule has 5 aliphatic rings. The second-order valence-electron chi connectivity index (χ2n) is 14.6. The number of nitrogens with zero attached hydrogens (tertiary/aromatic N) is 8. The molecule has 2 saturated heterocycles. The van der Waals surface area contributed by atoms with Crippen LogP contribution in [0.15, 0.2) is 24.3 Å². The average Bonchev–Trinajstić information content (AvgIpc) is 3.67. The summed E-state index contributed by atoms with van der Waals surface area (Å²) < 4.78 is 23.1. The fourth-order valence-electron chi connectivity index (χ4n) is 9.06. The lowest BCUT2D eigenvalue weighted by atomic mass is 9.70. The second kappa shape index (κ2) is 11.4. The number of phenols is 1. The van der Waals surface area contributed by atoms with Crippen molar-refractivity contribution in [3.05, 3.63) is 58.0 Å². The molecule has 1 N–H and O–H groups in total. The number of aryl methyl sites for hydroxylation is 2. The number of alkyl halides is 1. The summed E-state index contributed by atoms with van der Waals surface area (Å²) in [5.41, 5.74) is 5.33. The van der Waals surface area contributed by atoms with Crippen LogP contribution in [-0.2, 0) is 38.0 Å². The van der Waals surface area contributed by atoms with Gasteiger partial charge in [-0.3, -0.25) is 19.3 Å². The Bertz CT molecular complexity index is 1710. The van der Waals surface area contributed by atoms with Crippen LogP contribution in [-0.4, -0.2) is 105 Å². The highest BCUT2D eigenvalue weighted by atomic mass is 19.1. The van der Waals surface area contributed by atoms with Crippen LogP contribution in [0.2, 0.25) is 0 Å². The van der Waals surface area contributed by atoms with Gasteiger partial charge in [0.1, 0.15) is 24.3 Å². The summed E-state index contributed by atoms with van der Waals surface area (Å²) in [5.74, 6) is 1.03. The number of aromatic nitrogens is 4. The van der Waals surface area contributed by atoms with Crippen molar-refractivity contribution in [2.24, 2.45) is 0 Å². The Labute approximate surface area is 275 Å². The third-order valence-corrected chi connectivity index (χ3v) is 11.4. The van der Waals surface area contributed by atoms with Crippen LogP contribution in [0.25, 0.3) is 0 Å². The van der Waals surface area contributed by atoms with Gasteiger partial charge < -0.3 is 19.6 Å². The molecule has 2 aromatic heterocycles. The van der Waals surface area contributed by atoms with Gasteiger partial charge in [-0.25, -0.2) is 4.39 Å². The molecule has 0 radical (unpaired) electrons. The molecular formula is C35H45FN8O3. The summed E-state index contributed by atoms with van der Waals surface area (Å²) in [7, 11) is 5.66. The van der Waals surface area contributed by atoms with Crippen LogP contribution in [0.1, 0.15) is 77.1 Å². The summed E-state index contributed by atoms with van der Waals surface area (Å²) in [6.45, 7) is 4.45. The zero-order valence-corrected chi connectivity index (χ0v) is 27.7. The predicted molar refractivity (Wildman–Crippen MR) is 174 cm³/mol. The number of carbonyl (C=O) groups is 1. The molecular weight excluding hydrogens is 599 g/mol. The molecule has 8 rings (SSSR count). The monoisotopic (exact) mass is 644 g/mol. The van der Waals surface area contributed by atoms with E-state index in [1.165, 1.54) is 11.1 Å². The number of carbonyl (C=O) groups excluding carboxylic acids is 1. The lowest BCUT2D eigenvalue weighted by Gasteiger charge is -2.49. The minimum atomic E-state index is -0.830. The highest BCUT2D eigenvalue weighted by Crippen LogP contribution is 2.48. The topological polar surface area (TPSA) is 103 Å². The minimum absolute atomic E-state index is 0.110. The smallest absolute Gasteiger partial charge is 0.318 e. The van der Waals surface area contributed by atoms with Gasteiger partial charge in [0.05, 0.1) is 29.0 Å². The number of hydrogen-bond acceptors (Lipinski definition) is 9. The molecule has 1 amide bonds. The Morgan fingerprint density at radius 3 is 2.83 bits per heavy atom. The van der Waals surface area contributed by atoms with E-state index in [-0.39, 0.29) is 22.7 Å². The van der Waals surface area contributed by atoms with E-state index >= 15 is 0 Å². The van der Waals surface area contributed by atoms with Crippen LogP contribution in [0.3, 0.4) is 0 Å². The van der Waals surface area contributed by atoms with E-state index in [0.717, 1.165) is 80.9 Å². The van der Waals surface area contributed by atoms with Crippen molar-refractivity contribution in [2.75, 3.05) is 52.3 Å². The SMILES string of the molecule is CN(C)C(=O)c1cc2n(n1)CCCN(c1nc(OCC34CCCN3C[C@H](F)C4)nc3c1CN(C)[C@]1(CCCc4ccc(O)cc41)C3)C2. The average molecular weight is 645 g/mol. The van der Waals surface area contributed by atoms with Gasteiger partial charge in [-0.15, -0.1) is 0 Å². The van der Waals surface area contributed by atoms with Crippen molar-refractivity contribution < 1.29 is 19.0 Å². The van der Waals surface area contributed by atoms with Gasteiger partial charge in [0.25, 0.3) is 5.91 Å². The van der Waals surface area contributed by atoms with Gasteiger partial charge in [-0.05, 0) is 81.4 Å². The molecule has 1 spiro atoms. The lowest BCUT2D eigenvalue weighted by molar-refractivity contribution is 0.0711. The number of rotatable bonds is 5. The van der Waals surface area contributed by atoms with Gasteiger partial charge in [0.15, 0.2) is 5.69 Å². The molecule has 2 fully saturated rings. The molecule has 0 saturated carbocycles. The van der Waals surface area contributed by atoms with Gasteiger partial charge in [0, 0.05) is 58.7 Å². The second-order valence-corrected chi connectivity index (χ2v) is 14.6. The van der Waals surface area contributed by atoms with Crippen molar-refractivity contribution in [2.45, 2.75) is 88.3 Å². The molecule has 250 valence electrons. The van der Waals surface area contributed by atoms with Crippen LogP contribution in [0.4, 0.5) is 10.2 Å². The Hall–Kier alpha value is -3.77. The highest BCUT2D eigenvalue weighted by molar-refractivity contribution is 5.92. The van der Waals surface area contributed by atoms with E-state index in [2.05, 4.69) is 32.9 Å². The van der Waals surface area contributed by atoms with Crippen LogP contribution < -0.4 is 9.64 Å². The highest BCUT2D eigenvalue weighted by Gasteiger charge is 2.50. The normalized spacial score (nSPS) is 27.2. The van der Waals surface area contributed by atoms with Crippen molar-refractivity contribution in [1.29, 1.82) is 0 Å². The van der Waals surface area contributed by atoms with E-state index in [9.17, 15) is 14.3 Å². The molecule has 6 heterocycles. The number of likely N-dealkylation sites (N-methyl/N-ethyl adjacent to an activating group) is 1. The summed E-state index contributed by atoms with van der Waals surface area (Å²) in [6.07, 6.45) is 6.18. The van der Waals surface area contributed by atoms with Gasteiger partial charge in [-0.1, -0.05) is 6.07 Å². The zero-order chi connectivity index (χ0) is 32.5. The first-order valence-electron chi connectivity index (χ1n) is 17.1. The maximum absolute atomic E-state index is 14.6. The predicted octanol–water partition coefficient (Wildman–Crippen LogP) is 3.67. The number of anilines is 1. The van der Waals surface area contributed by atoms with Crippen LogP contribution >= 0.6 is 0 Å². The first-order chi connectivity index (χ1) is 22.6. The fraction of sp³-hybridized carbons (Fsp3) is 0.600. The first kappa shape index (κ1) is 30.6. The van der Waals surface area contributed by atoms with E-state index in [1.54, 1.807) is 25.1 Å². The maximum atomic E-state index is 14.6. The minimum Gasteiger partial charge on any atom is -0.508 e. The summed E-state index contributed by atoms with van der Waals surface area (Å²) in [5, 5.41) is 15.2. The molecule has 1 unspecified atom stereocenters. The van der Waals surface area contributed by atoms with E-state index in [4.69, 9.17) is 14.7 Å². The Morgan fingerprint density at radius 2 is 1.98 bits per heavy atom. The summed E-state index contributed by atoms with van der Waals surface area (Å²) in [4.78, 5) is 31.5. The molecule has 4 aliphatic heterocycles. The van der Waals surface area contributed by atoms with E-state index in [0.29, 0.717) is 50.8 Å². The molecule has 1 aromatic carbocycles. The molecule has 0 bridgehead atoms. The maximum Gasteiger partial charge on any atom is 0.318 e. The van der Waals surface area contributed by atoms with Gasteiger partial charge in [0.2, 0.25) is 0 Å². The van der Waals surface area contributed by atoms with Crippen LogP contribution in [0, 0.1) is 0 Å². The number of aromatic hydroxyl groups is 1. The molecule has 47 heavy (non-hydrogen) atoms. The molecule has 3 atom stereocenters. The summed E-state index contributed by atoms with van der Waals surface area (Å²) in [6, 6.07) is 8.05. The molecule has 3 aromatic rings. The standard InChI is InChI=1S/C35H45FN8O3/c1-40(2)32(46)29-15-25-20-42(12-6-14-44(25)39-29)31-27-21-41(3)35(11-4-7-23-8-9-26(45)16-28(23)35)18-30(27)37-33(38-31)47-22-34-10-5-13-43(34)19-24(36)17-34/h8-9,15-16,24,45H,4-7,10-14,17-22H2,1-3H3/t24-,34?,35-/m1/s1. The fourth-order valence-corrected chi connectivity index (χ4v) is 9.06. The van der Waals surface area contributed by atoms with Crippen molar-refractivity contribution in [1.82, 2.24) is 34.4 Å². The van der Waals surface area contributed by atoms with Gasteiger partial charge >= 0.3 is 6.01 Å². The van der Waals surface area contributed by atoms with E-state index in [1.807, 2.05) is 16.8 Å². The number of amides is 1. The quantitative estimate of drug-likeness (QED) is 0.446. The van der Waals surface area contributed by atoms with Crippen molar-refractivity contribution in [3.63, 3.8) is 0 Å². The Kier molecular flexibility index (Phi) is 7.43. The Morgan fingerprint density at radius 1 is 1.11 bits per heavy atom. The third kappa shape index (κ3) is 5.15. The van der Waals surface area contributed by atoms with Crippen molar-refractivity contribution >= 4 is 11.7 Å². The number of phenolic OH excluding ortho intramolecular Hbond substituents is 1. The number of hydrogen-bond donors (Lipinski definition) is 1. The van der Waals surface area contributed by atoms with Crippen molar-refractivity contribution in [3.8, 4) is 11.8 Å². The number of fused-ring (bicyclic) bond motifs is 5. The third-order valence-electron chi connectivity index (χ3n) is 11.4. The number of ether oxygens (including phenoxy) is 1. The largest absolute Gasteiger partial charge is 0.508 e.